The van der Waals surface area contributed by atoms with Crippen LogP contribution in [0, 0.1) is 18.8 Å². The summed E-state index contributed by atoms with van der Waals surface area (Å²) >= 11 is 0. The summed E-state index contributed by atoms with van der Waals surface area (Å²) in [6.45, 7) is 12.4. The Morgan fingerprint density at radius 3 is 2.10 bits per heavy atom. The molecule has 0 saturated carbocycles. The lowest BCUT2D eigenvalue weighted by molar-refractivity contribution is 0.499. The zero-order chi connectivity index (χ0) is 27.9. The molecule has 0 heteroatoms. The molecule has 1 aromatic carbocycles. The third kappa shape index (κ3) is 6.39. The van der Waals surface area contributed by atoms with Crippen molar-refractivity contribution in [3.05, 3.63) is 167 Å². The van der Waals surface area contributed by atoms with Crippen LogP contribution in [-0.2, 0) is 0 Å². The van der Waals surface area contributed by atoms with Gasteiger partial charge in [-0.3, -0.25) is 0 Å². The Morgan fingerprint density at radius 1 is 0.825 bits per heavy atom. The molecule has 3 atom stereocenters. The molecule has 0 N–H and O–H groups in total. The number of aryl methyl sites for hydroxylation is 1. The van der Waals surface area contributed by atoms with Gasteiger partial charge in [-0.25, -0.2) is 0 Å². The van der Waals surface area contributed by atoms with Gasteiger partial charge in [0.1, 0.15) is 0 Å². The molecule has 0 aliphatic heterocycles. The Kier molecular flexibility index (Phi) is 9.17. The Labute approximate surface area is 242 Å². The standard InChI is InChI=1S/C40H44/c1-5-10-31(6-2)39(35-17-13-29(3)14-18-35)37-25-21-32(22-26-37)33-23-27-38(28-24-33)40(34-11-8-7-9-12-34)36-19-15-30(4)16-20-36/h5-6,8,10-19,21,23,25,27,36,39-40H,1-2,7,9,20,22,24,26,28H2,3-4H3/b31-10+. The van der Waals surface area contributed by atoms with E-state index < -0.39 is 0 Å². The van der Waals surface area contributed by atoms with Crippen LogP contribution in [0.15, 0.2) is 155 Å². The molecule has 0 heterocycles. The van der Waals surface area contributed by atoms with E-state index in [-0.39, 0.29) is 5.92 Å². The van der Waals surface area contributed by atoms with E-state index in [0.717, 1.165) is 32.1 Å². The monoisotopic (exact) mass is 524 g/mol. The molecule has 0 aromatic heterocycles. The van der Waals surface area contributed by atoms with Crippen LogP contribution in [-0.4, -0.2) is 0 Å². The fourth-order valence-electron chi connectivity index (χ4n) is 6.73. The second kappa shape index (κ2) is 13.1. The van der Waals surface area contributed by atoms with E-state index in [9.17, 15) is 0 Å². The molecule has 204 valence electrons. The predicted molar refractivity (Wildman–Crippen MR) is 174 cm³/mol. The quantitative estimate of drug-likeness (QED) is 0.282. The molecule has 1 aromatic rings. The van der Waals surface area contributed by atoms with Gasteiger partial charge in [-0.15, -0.1) is 0 Å². The van der Waals surface area contributed by atoms with Crippen molar-refractivity contribution in [2.75, 3.05) is 0 Å². The van der Waals surface area contributed by atoms with Gasteiger partial charge >= 0.3 is 0 Å². The zero-order valence-corrected chi connectivity index (χ0v) is 24.4. The summed E-state index contributed by atoms with van der Waals surface area (Å²) in [6, 6.07) is 8.96. The lowest BCUT2D eigenvalue weighted by Gasteiger charge is -2.32. The molecular formula is C40H44. The van der Waals surface area contributed by atoms with Crippen LogP contribution >= 0.6 is 0 Å². The normalized spacial score (nSPS) is 22.6. The van der Waals surface area contributed by atoms with Crippen molar-refractivity contribution >= 4 is 0 Å². The van der Waals surface area contributed by atoms with Crippen LogP contribution in [0.1, 0.15) is 68.9 Å². The van der Waals surface area contributed by atoms with Crippen molar-refractivity contribution in [1.29, 1.82) is 0 Å². The van der Waals surface area contributed by atoms with E-state index in [1.54, 1.807) is 5.57 Å². The number of rotatable bonds is 9. The smallest absolute Gasteiger partial charge is 0.0301 e. The highest BCUT2D eigenvalue weighted by molar-refractivity contribution is 5.50. The van der Waals surface area contributed by atoms with Gasteiger partial charge < -0.3 is 0 Å². The Bertz CT molecular complexity index is 1400. The van der Waals surface area contributed by atoms with E-state index in [0.29, 0.717) is 11.8 Å². The first-order chi connectivity index (χ1) is 19.6. The molecule has 4 aliphatic carbocycles. The fourth-order valence-corrected chi connectivity index (χ4v) is 6.73. The lowest BCUT2D eigenvalue weighted by Crippen LogP contribution is -2.20. The number of hydrogen-bond acceptors (Lipinski definition) is 0. The molecule has 40 heavy (non-hydrogen) atoms. The topological polar surface area (TPSA) is 0 Å². The van der Waals surface area contributed by atoms with Gasteiger partial charge in [-0.2, -0.15) is 0 Å². The Hall–Kier alpha value is -3.64. The Balaban J connectivity index is 1.40. The summed E-state index contributed by atoms with van der Waals surface area (Å²) in [5.74, 6) is 1.27. The molecule has 0 nitrogen and oxygen atoms in total. The third-order valence-corrected chi connectivity index (χ3v) is 8.97. The van der Waals surface area contributed by atoms with Gasteiger partial charge in [0.2, 0.25) is 0 Å². The maximum atomic E-state index is 4.13. The van der Waals surface area contributed by atoms with Gasteiger partial charge in [0.05, 0.1) is 0 Å². The minimum Gasteiger partial charge on any atom is -0.0991 e. The lowest BCUT2D eigenvalue weighted by atomic mass is 9.72. The maximum absolute atomic E-state index is 4.13. The average Bonchev–Trinajstić information content (AvgIpc) is 3.00. The SMILES string of the molecule is C=C/C=C(\C=C)C(C1=CC=C(C2=CC=C(C(C3=CCCC=C3)C3C=CC(C)=CC3)CC2)CC1)c1ccc(C)cc1. The van der Waals surface area contributed by atoms with Crippen LogP contribution in [0.4, 0.5) is 0 Å². The average molecular weight is 525 g/mol. The molecule has 0 amide bonds. The van der Waals surface area contributed by atoms with Crippen LogP contribution in [0.25, 0.3) is 0 Å². The molecular weight excluding hydrogens is 480 g/mol. The van der Waals surface area contributed by atoms with Crippen molar-refractivity contribution in [2.45, 2.75) is 64.7 Å². The Morgan fingerprint density at radius 2 is 1.55 bits per heavy atom. The van der Waals surface area contributed by atoms with Gasteiger partial charge in [-0.05, 0) is 92.6 Å². The highest BCUT2D eigenvalue weighted by atomic mass is 14.3. The molecule has 0 fully saturated rings. The molecule has 4 aliphatic rings. The van der Waals surface area contributed by atoms with Crippen molar-refractivity contribution < 1.29 is 0 Å². The van der Waals surface area contributed by atoms with E-state index >= 15 is 0 Å². The third-order valence-electron chi connectivity index (χ3n) is 8.97. The van der Waals surface area contributed by atoms with Gasteiger partial charge in [0.25, 0.3) is 0 Å². The minimum absolute atomic E-state index is 0.222. The van der Waals surface area contributed by atoms with Crippen LogP contribution in [0.2, 0.25) is 0 Å². The summed E-state index contributed by atoms with van der Waals surface area (Å²) in [5.41, 5.74) is 12.8. The minimum atomic E-state index is 0.222. The first-order valence-corrected chi connectivity index (χ1v) is 15.1. The zero-order valence-electron chi connectivity index (χ0n) is 24.4. The highest BCUT2D eigenvalue weighted by Gasteiger charge is 2.28. The fraction of sp³-hybridized carbons (Fsp3) is 0.300. The molecule has 0 radical (unpaired) electrons. The summed E-state index contributed by atoms with van der Waals surface area (Å²) < 4.78 is 0. The highest BCUT2D eigenvalue weighted by Crippen LogP contribution is 2.43. The first kappa shape index (κ1) is 27.9. The molecule has 0 spiro atoms. The molecule has 5 rings (SSSR count). The first-order valence-electron chi connectivity index (χ1n) is 15.1. The number of benzene rings is 1. The van der Waals surface area contributed by atoms with Crippen LogP contribution < -0.4 is 0 Å². The summed E-state index contributed by atoms with van der Waals surface area (Å²) in [7, 11) is 0. The largest absolute Gasteiger partial charge is 0.0991 e. The number of allylic oxidation sites excluding steroid dienone is 20. The van der Waals surface area contributed by atoms with Gasteiger partial charge in [0, 0.05) is 11.8 Å². The second-order valence-corrected chi connectivity index (χ2v) is 11.7. The summed E-state index contributed by atoms with van der Waals surface area (Å²) in [4.78, 5) is 0. The second-order valence-electron chi connectivity index (χ2n) is 11.7. The van der Waals surface area contributed by atoms with Crippen molar-refractivity contribution in [3.8, 4) is 0 Å². The van der Waals surface area contributed by atoms with Crippen LogP contribution in [0.5, 0.6) is 0 Å². The molecule has 3 unspecified atom stereocenters. The van der Waals surface area contributed by atoms with Crippen molar-refractivity contribution in [2.24, 2.45) is 11.8 Å². The van der Waals surface area contributed by atoms with Gasteiger partial charge in [0.15, 0.2) is 0 Å². The van der Waals surface area contributed by atoms with Crippen LogP contribution in [0.3, 0.4) is 0 Å². The van der Waals surface area contributed by atoms with E-state index in [1.165, 1.54) is 57.4 Å². The maximum Gasteiger partial charge on any atom is 0.0301 e. The van der Waals surface area contributed by atoms with Crippen molar-refractivity contribution in [1.82, 2.24) is 0 Å². The van der Waals surface area contributed by atoms with Gasteiger partial charge in [-0.1, -0.05) is 139 Å². The van der Waals surface area contributed by atoms with Crippen molar-refractivity contribution in [3.63, 3.8) is 0 Å². The van der Waals surface area contributed by atoms with E-state index in [1.807, 2.05) is 12.2 Å². The molecule has 0 bridgehead atoms. The number of hydrogen-bond donors (Lipinski definition) is 0. The van der Waals surface area contributed by atoms with E-state index in [2.05, 4.69) is 118 Å². The summed E-state index contributed by atoms with van der Waals surface area (Å²) in [6.07, 6.45) is 38.0. The van der Waals surface area contributed by atoms with E-state index in [4.69, 9.17) is 0 Å². The summed E-state index contributed by atoms with van der Waals surface area (Å²) in [5, 5.41) is 0. The molecule has 0 saturated heterocycles. The predicted octanol–water partition coefficient (Wildman–Crippen LogP) is 11.1.